The molecule has 0 saturated heterocycles. The number of halogens is 1. The minimum Gasteiger partial charge on any atom is -0.481 e. The summed E-state index contributed by atoms with van der Waals surface area (Å²) in [5.41, 5.74) is 3.33. The van der Waals surface area contributed by atoms with Gasteiger partial charge in [-0.2, -0.15) is 0 Å². The minimum absolute atomic E-state index is 0.677. The van der Waals surface area contributed by atoms with Gasteiger partial charge in [-0.1, -0.05) is 46.3 Å². The molecule has 1 aromatic heterocycles. The van der Waals surface area contributed by atoms with E-state index < -0.39 is 0 Å². The zero-order valence-electron chi connectivity index (χ0n) is 8.98. The number of ether oxygens (including phenoxy) is 1. The number of aromatic nitrogens is 1. The first kappa shape index (κ1) is 11.1. The number of benzene rings is 1. The largest absolute Gasteiger partial charge is 0.481 e. The number of nitrogens with zero attached hydrogens (tertiary/aromatic N) is 1. The predicted octanol–water partition coefficient (Wildman–Crippen LogP) is 3.65. The summed E-state index contributed by atoms with van der Waals surface area (Å²) in [6.07, 6.45) is 1.83. The van der Waals surface area contributed by atoms with Crippen LogP contribution in [-0.2, 0) is 5.33 Å². The number of methoxy groups -OCH3 is 1. The Morgan fingerprint density at radius 1 is 1.19 bits per heavy atom. The Bertz CT molecular complexity index is 471. The van der Waals surface area contributed by atoms with Gasteiger partial charge in [-0.3, -0.25) is 0 Å². The van der Waals surface area contributed by atoms with Crippen LogP contribution in [0.5, 0.6) is 5.88 Å². The van der Waals surface area contributed by atoms with Crippen molar-refractivity contribution < 1.29 is 4.74 Å². The van der Waals surface area contributed by atoms with Crippen molar-refractivity contribution in [2.24, 2.45) is 0 Å². The Morgan fingerprint density at radius 3 is 2.56 bits per heavy atom. The van der Waals surface area contributed by atoms with Gasteiger partial charge in [-0.25, -0.2) is 4.98 Å². The summed E-state index contributed by atoms with van der Waals surface area (Å²) in [4.78, 5) is 4.29. The molecular formula is C13H12BrNO. The molecule has 0 saturated carbocycles. The molecule has 0 unspecified atom stereocenters. The van der Waals surface area contributed by atoms with Gasteiger partial charge in [-0.05, 0) is 11.6 Å². The van der Waals surface area contributed by atoms with Crippen molar-refractivity contribution in [3.63, 3.8) is 0 Å². The van der Waals surface area contributed by atoms with E-state index in [1.807, 2.05) is 24.4 Å². The first-order valence-corrected chi connectivity index (χ1v) is 6.11. The third-order valence-electron chi connectivity index (χ3n) is 2.37. The topological polar surface area (TPSA) is 22.1 Å². The lowest BCUT2D eigenvalue weighted by Gasteiger charge is -2.07. The van der Waals surface area contributed by atoms with Crippen molar-refractivity contribution in [2.45, 2.75) is 5.33 Å². The Kier molecular flexibility index (Phi) is 3.57. The molecule has 0 radical (unpaired) electrons. The maximum absolute atomic E-state index is 5.19. The highest BCUT2D eigenvalue weighted by atomic mass is 79.9. The van der Waals surface area contributed by atoms with Crippen LogP contribution < -0.4 is 4.74 Å². The van der Waals surface area contributed by atoms with Crippen LogP contribution >= 0.6 is 15.9 Å². The molecule has 82 valence electrons. The van der Waals surface area contributed by atoms with Crippen molar-refractivity contribution in [1.29, 1.82) is 0 Å². The van der Waals surface area contributed by atoms with Crippen LogP contribution in [0, 0.1) is 0 Å². The van der Waals surface area contributed by atoms with Crippen molar-refractivity contribution in [2.75, 3.05) is 7.11 Å². The van der Waals surface area contributed by atoms with Crippen LogP contribution in [0.25, 0.3) is 11.1 Å². The van der Waals surface area contributed by atoms with Crippen LogP contribution in [0.3, 0.4) is 0 Å². The molecule has 0 bridgehead atoms. The molecule has 2 aromatic rings. The zero-order chi connectivity index (χ0) is 11.4. The summed E-state index contributed by atoms with van der Waals surface area (Å²) in [5.74, 6) is 0.677. The quantitative estimate of drug-likeness (QED) is 0.799. The molecule has 0 fully saturated rings. The van der Waals surface area contributed by atoms with E-state index in [1.54, 1.807) is 7.11 Å². The smallest absolute Gasteiger partial charge is 0.217 e. The van der Waals surface area contributed by atoms with Gasteiger partial charge < -0.3 is 4.74 Å². The summed E-state index contributed by atoms with van der Waals surface area (Å²) >= 11 is 3.44. The standard InChI is InChI=1S/C13H12BrNO/c1-16-13-11(8-14)7-12(9-15-13)10-5-3-2-4-6-10/h2-7,9H,8H2,1H3. The highest BCUT2D eigenvalue weighted by Gasteiger charge is 2.05. The van der Waals surface area contributed by atoms with Crippen molar-refractivity contribution in [3.8, 4) is 17.0 Å². The lowest BCUT2D eigenvalue weighted by Crippen LogP contribution is -1.93. The average molecular weight is 278 g/mol. The molecule has 0 aliphatic heterocycles. The summed E-state index contributed by atoms with van der Waals surface area (Å²) in [5, 5.41) is 0.740. The van der Waals surface area contributed by atoms with E-state index in [4.69, 9.17) is 4.74 Å². The van der Waals surface area contributed by atoms with Crippen molar-refractivity contribution >= 4 is 15.9 Å². The molecule has 1 aromatic carbocycles. The van der Waals surface area contributed by atoms with Crippen LogP contribution in [0.2, 0.25) is 0 Å². The number of rotatable bonds is 3. The normalized spacial score (nSPS) is 10.1. The fraction of sp³-hybridized carbons (Fsp3) is 0.154. The van der Waals surface area contributed by atoms with Crippen molar-refractivity contribution in [1.82, 2.24) is 4.98 Å². The van der Waals surface area contributed by atoms with Gasteiger partial charge in [0.05, 0.1) is 7.11 Å². The van der Waals surface area contributed by atoms with E-state index in [1.165, 1.54) is 5.56 Å². The monoisotopic (exact) mass is 277 g/mol. The third-order valence-corrected chi connectivity index (χ3v) is 2.97. The van der Waals surface area contributed by atoms with Crippen LogP contribution in [0.4, 0.5) is 0 Å². The summed E-state index contributed by atoms with van der Waals surface area (Å²) in [7, 11) is 1.64. The molecule has 2 rings (SSSR count). The van der Waals surface area contributed by atoms with Crippen LogP contribution in [0.15, 0.2) is 42.6 Å². The lowest BCUT2D eigenvalue weighted by atomic mass is 10.1. The molecule has 0 aliphatic carbocycles. The minimum atomic E-state index is 0.677. The van der Waals surface area contributed by atoms with Crippen LogP contribution in [-0.4, -0.2) is 12.1 Å². The van der Waals surface area contributed by atoms with Gasteiger partial charge in [0.15, 0.2) is 0 Å². The zero-order valence-corrected chi connectivity index (χ0v) is 10.6. The van der Waals surface area contributed by atoms with Gasteiger partial charge in [-0.15, -0.1) is 0 Å². The molecule has 3 heteroatoms. The van der Waals surface area contributed by atoms with E-state index in [0.29, 0.717) is 5.88 Å². The molecule has 0 amide bonds. The van der Waals surface area contributed by atoms with Gasteiger partial charge >= 0.3 is 0 Å². The number of pyridine rings is 1. The molecule has 1 heterocycles. The molecule has 0 N–H and O–H groups in total. The number of hydrogen-bond donors (Lipinski definition) is 0. The fourth-order valence-corrected chi connectivity index (χ4v) is 1.97. The third kappa shape index (κ3) is 2.25. The van der Waals surface area contributed by atoms with Gasteiger partial charge in [0.1, 0.15) is 0 Å². The fourth-order valence-electron chi connectivity index (χ4n) is 1.57. The van der Waals surface area contributed by atoms with E-state index >= 15 is 0 Å². The Hall–Kier alpha value is -1.35. The van der Waals surface area contributed by atoms with Crippen LogP contribution in [0.1, 0.15) is 5.56 Å². The molecule has 0 atom stereocenters. The summed E-state index contributed by atoms with van der Waals surface area (Å²) < 4.78 is 5.19. The Labute approximate surface area is 103 Å². The summed E-state index contributed by atoms with van der Waals surface area (Å²) in [6.45, 7) is 0. The second-order valence-corrected chi connectivity index (χ2v) is 3.95. The van der Waals surface area contributed by atoms with Gasteiger partial charge in [0, 0.05) is 22.7 Å². The highest BCUT2D eigenvalue weighted by Crippen LogP contribution is 2.25. The van der Waals surface area contributed by atoms with E-state index in [0.717, 1.165) is 16.5 Å². The second kappa shape index (κ2) is 5.12. The molecule has 0 aliphatic rings. The maximum Gasteiger partial charge on any atom is 0.217 e. The maximum atomic E-state index is 5.19. The molecular weight excluding hydrogens is 266 g/mol. The molecule has 16 heavy (non-hydrogen) atoms. The predicted molar refractivity (Wildman–Crippen MR) is 68.9 cm³/mol. The van der Waals surface area contributed by atoms with Gasteiger partial charge in [0.2, 0.25) is 5.88 Å². The van der Waals surface area contributed by atoms with E-state index in [2.05, 4.69) is 39.1 Å². The first-order valence-electron chi connectivity index (χ1n) is 4.99. The number of hydrogen-bond acceptors (Lipinski definition) is 2. The molecule has 2 nitrogen and oxygen atoms in total. The number of alkyl halides is 1. The Balaban J connectivity index is 2.44. The Morgan fingerprint density at radius 2 is 1.94 bits per heavy atom. The SMILES string of the molecule is COc1ncc(-c2ccccc2)cc1CBr. The van der Waals surface area contributed by atoms with E-state index in [9.17, 15) is 0 Å². The highest BCUT2D eigenvalue weighted by molar-refractivity contribution is 9.08. The van der Waals surface area contributed by atoms with Gasteiger partial charge in [0.25, 0.3) is 0 Å². The summed E-state index contributed by atoms with van der Waals surface area (Å²) in [6, 6.07) is 12.3. The van der Waals surface area contributed by atoms with E-state index in [-0.39, 0.29) is 0 Å². The lowest BCUT2D eigenvalue weighted by molar-refractivity contribution is 0.394. The van der Waals surface area contributed by atoms with Crippen molar-refractivity contribution in [3.05, 3.63) is 48.2 Å². The molecule has 0 spiro atoms. The average Bonchev–Trinajstić information content (AvgIpc) is 2.39. The second-order valence-electron chi connectivity index (χ2n) is 3.39. The first-order chi connectivity index (χ1) is 7.85.